The van der Waals surface area contributed by atoms with Crippen LogP contribution in [0.3, 0.4) is 0 Å². The Hall–Kier alpha value is -1.05. The standard InChI is InChI=1S/C10H14N2/c1-12-7-3-2-4-9-8-11-6-5-10(9)12/h5-6,8H,2-4,7H2,1H3. The van der Waals surface area contributed by atoms with Gasteiger partial charge in [0.15, 0.2) is 0 Å². The lowest BCUT2D eigenvalue weighted by Gasteiger charge is -2.18. The van der Waals surface area contributed by atoms with E-state index in [9.17, 15) is 0 Å². The quantitative estimate of drug-likeness (QED) is 0.578. The zero-order chi connectivity index (χ0) is 8.39. The second-order valence-corrected chi connectivity index (χ2v) is 3.38. The van der Waals surface area contributed by atoms with Crippen molar-refractivity contribution >= 4 is 5.69 Å². The van der Waals surface area contributed by atoms with Gasteiger partial charge in [-0.05, 0) is 30.9 Å². The fourth-order valence-corrected chi connectivity index (χ4v) is 1.77. The fourth-order valence-electron chi connectivity index (χ4n) is 1.77. The number of hydrogen-bond acceptors (Lipinski definition) is 2. The van der Waals surface area contributed by atoms with Crippen molar-refractivity contribution in [1.29, 1.82) is 0 Å². The molecule has 1 aliphatic rings. The smallest absolute Gasteiger partial charge is 0.0427 e. The van der Waals surface area contributed by atoms with Crippen LogP contribution in [0.5, 0.6) is 0 Å². The number of pyridine rings is 1. The summed E-state index contributed by atoms with van der Waals surface area (Å²) in [5.41, 5.74) is 2.76. The van der Waals surface area contributed by atoms with E-state index in [-0.39, 0.29) is 0 Å². The molecule has 0 aromatic carbocycles. The first-order chi connectivity index (χ1) is 5.88. The van der Waals surface area contributed by atoms with E-state index in [1.54, 1.807) is 0 Å². The van der Waals surface area contributed by atoms with Gasteiger partial charge in [0.1, 0.15) is 0 Å². The van der Waals surface area contributed by atoms with Crippen molar-refractivity contribution in [2.75, 3.05) is 18.5 Å². The van der Waals surface area contributed by atoms with Crippen LogP contribution >= 0.6 is 0 Å². The Kier molecular flexibility index (Phi) is 1.98. The average Bonchev–Trinajstić information content (AvgIpc) is 2.29. The molecular weight excluding hydrogens is 148 g/mol. The largest absolute Gasteiger partial charge is 0.374 e. The highest BCUT2D eigenvalue weighted by Gasteiger charge is 2.10. The first-order valence-electron chi connectivity index (χ1n) is 4.52. The summed E-state index contributed by atoms with van der Waals surface area (Å²) in [6.45, 7) is 1.18. The maximum atomic E-state index is 4.15. The Morgan fingerprint density at radius 1 is 1.42 bits per heavy atom. The Morgan fingerprint density at radius 3 is 3.25 bits per heavy atom. The molecular formula is C10H14N2. The minimum Gasteiger partial charge on any atom is -0.374 e. The number of rotatable bonds is 0. The molecule has 0 spiro atoms. The van der Waals surface area contributed by atoms with Crippen LogP contribution < -0.4 is 4.90 Å². The second kappa shape index (κ2) is 3.13. The van der Waals surface area contributed by atoms with E-state index in [4.69, 9.17) is 0 Å². The minimum atomic E-state index is 1.18. The van der Waals surface area contributed by atoms with Crippen molar-refractivity contribution in [3.63, 3.8) is 0 Å². The van der Waals surface area contributed by atoms with Crippen molar-refractivity contribution < 1.29 is 0 Å². The Balaban J connectivity index is 2.39. The molecule has 12 heavy (non-hydrogen) atoms. The third-order valence-electron chi connectivity index (χ3n) is 2.48. The molecule has 0 atom stereocenters. The summed E-state index contributed by atoms with van der Waals surface area (Å²) in [7, 11) is 2.16. The number of anilines is 1. The van der Waals surface area contributed by atoms with Crippen molar-refractivity contribution in [3.8, 4) is 0 Å². The molecule has 1 aromatic heterocycles. The van der Waals surface area contributed by atoms with Crippen LogP contribution in [-0.4, -0.2) is 18.6 Å². The molecule has 64 valence electrons. The van der Waals surface area contributed by atoms with Crippen molar-refractivity contribution in [3.05, 3.63) is 24.0 Å². The number of aryl methyl sites for hydroxylation is 1. The number of aromatic nitrogens is 1. The van der Waals surface area contributed by atoms with Gasteiger partial charge in [0.25, 0.3) is 0 Å². The predicted octanol–water partition coefficient (Wildman–Crippen LogP) is 1.85. The Labute approximate surface area is 73.2 Å². The van der Waals surface area contributed by atoms with E-state index in [2.05, 4.69) is 23.0 Å². The number of hydrogen-bond donors (Lipinski definition) is 0. The van der Waals surface area contributed by atoms with Gasteiger partial charge in [-0.1, -0.05) is 0 Å². The van der Waals surface area contributed by atoms with E-state index in [1.807, 2.05) is 12.4 Å². The molecule has 0 fully saturated rings. The van der Waals surface area contributed by atoms with Gasteiger partial charge in [0.05, 0.1) is 0 Å². The summed E-state index contributed by atoms with van der Waals surface area (Å²) < 4.78 is 0. The van der Waals surface area contributed by atoms with E-state index in [0.717, 1.165) is 0 Å². The summed E-state index contributed by atoms with van der Waals surface area (Å²) in [4.78, 5) is 6.47. The summed E-state index contributed by atoms with van der Waals surface area (Å²) in [5.74, 6) is 0. The van der Waals surface area contributed by atoms with Gasteiger partial charge in [-0.2, -0.15) is 0 Å². The molecule has 0 radical (unpaired) electrons. The van der Waals surface area contributed by atoms with Crippen LogP contribution in [0.15, 0.2) is 18.5 Å². The van der Waals surface area contributed by atoms with E-state index in [0.29, 0.717) is 0 Å². The molecule has 1 aliphatic heterocycles. The summed E-state index contributed by atoms with van der Waals surface area (Å²) in [6.07, 6.45) is 7.65. The SMILES string of the molecule is CN1CCCCc2cnccc21. The first kappa shape index (κ1) is 7.59. The maximum absolute atomic E-state index is 4.15. The Bertz CT molecular complexity index is 270. The zero-order valence-electron chi connectivity index (χ0n) is 7.45. The normalized spacial score (nSPS) is 16.9. The Morgan fingerprint density at radius 2 is 2.33 bits per heavy atom. The first-order valence-corrected chi connectivity index (χ1v) is 4.52. The molecule has 2 rings (SSSR count). The third kappa shape index (κ3) is 1.29. The number of nitrogens with zero attached hydrogens (tertiary/aromatic N) is 2. The van der Waals surface area contributed by atoms with Crippen LogP contribution in [0, 0.1) is 0 Å². The lowest BCUT2D eigenvalue weighted by atomic mass is 10.1. The van der Waals surface area contributed by atoms with E-state index >= 15 is 0 Å². The molecule has 2 heteroatoms. The molecule has 0 saturated heterocycles. The fraction of sp³-hybridized carbons (Fsp3) is 0.500. The molecule has 0 N–H and O–H groups in total. The zero-order valence-corrected chi connectivity index (χ0v) is 7.45. The highest BCUT2D eigenvalue weighted by Crippen LogP contribution is 2.23. The van der Waals surface area contributed by atoms with Crippen LogP contribution in [0.1, 0.15) is 18.4 Å². The lowest BCUT2D eigenvalue weighted by Crippen LogP contribution is -2.17. The van der Waals surface area contributed by atoms with Gasteiger partial charge in [0, 0.05) is 31.7 Å². The van der Waals surface area contributed by atoms with Crippen molar-refractivity contribution in [1.82, 2.24) is 4.98 Å². The molecule has 0 unspecified atom stereocenters. The van der Waals surface area contributed by atoms with Gasteiger partial charge in [0.2, 0.25) is 0 Å². The second-order valence-electron chi connectivity index (χ2n) is 3.38. The van der Waals surface area contributed by atoms with Gasteiger partial charge < -0.3 is 4.90 Å². The van der Waals surface area contributed by atoms with Crippen molar-refractivity contribution in [2.45, 2.75) is 19.3 Å². The van der Waals surface area contributed by atoms with Crippen LogP contribution in [0.2, 0.25) is 0 Å². The molecule has 0 saturated carbocycles. The minimum absolute atomic E-state index is 1.18. The van der Waals surface area contributed by atoms with E-state index in [1.165, 1.54) is 37.1 Å². The molecule has 0 bridgehead atoms. The van der Waals surface area contributed by atoms with Crippen LogP contribution in [-0.2, 0) is 6.42 Å². The molecule has 1 aromatic rings. The number of fused-ring (bicyclic) bond motifs is 1. The van der Waals surface area contributed by atoms with Crippen molar-refractivity contribution in [2.24, 2.45) is 0 Å². The molecule has 2 heterocycles. The summed E-state index contributed by atoms with van der Waals surface area (Å²) in [5, 5.41) is 0. The van der Waals surface area contributed by atoms with Gasteiger partial charge in [-0.15, -0.1) is 0 Å². The predicted molar refractivity (Wildman–Crippen MR) is 50.4 cm³/mol. The monoisotopic (exact) mass is 162 g/mol. The third-order valence-corrected chi connectivity index (χ3v) is 2.48. The highest BCUT2D eigenvalue weighted by atomic mass is 15.1. The topological polar surface area (TPSA) is 16.1 Å². The maximum Gasteiger partial charge on any atom is 0.0427 e. The van der Waals surface area contributed by atoms with Crippen LogP contribution in [0.4, 0.5) is 5.69 Å². The molecule has 2 nitrogen and oxygen atoms in total. The summed E-state index contributed by atoms with van der Waals surface area (Å²) in [6, 6.07) is 2.11. The lowest BCUT2D eigenvalue weighted by molar-refractivity contribution is 0.749. The highest BCUT2D eigenvalue weighted by molar-refractivity contribution is 5.52. The van der Waals surface area contributed by atoms with Crippen LogP contribution in [0.25, 0.3) is 0 Å². The summed E-state index contributed by atoms with van der Waals surface area (Å²) >= 11 is 0. The molecule has 0 aliphatic carbocycles. The molecule has 0 amide bonds. The van der Waals surface area contributed by atoms with E-state index < -0.39 is 0 Å². The van der Waals surface area contributed by atoms with Gasteiger partial charge in [-0.3, -0.25) is 4.98 Å². The van der Waals surface area contributed by atoms with Gasteiger partial charge in [-0.25, -0.2) is 0 Å². The van der Waals surface area contributed by atoms with Gasteiger partial charge >= 0.3 is 0 Å². The average molecular weight is 162 g/mol.